The van der Waals surface area contributed by atoms with Crippen molar-refractivity contribution in [1.29, 1.82) is 0 Å². The Kier molecular flexibility index (Phi) is 5.72. The molecule has 2 heterocycles. The first-order chi connectivity index (χ1) is 12.4. The van der Waals surface area contributed by atoms with E-state index in [0.717, 1.165) is 31.6 Å². The van der Waals surface area contributed by atoms with Crippen LogP contribution in [0.4, 0.5) is 0 Å². The summed E-state index contributed by atoms with van der Waals surface area (Å²) >= 11 is 0. The van der Waals surface area contributed by atoms with Gasteiger partial charge in [-0.2, -0.15) is 0 Å². The number of pyridine rings is 1. The lowest BCUT2D eigenvalue weighted by Crippen LogP contribution is -2.36. The van der Waals surface area contributed by atoms with Crippen molar-refractivity contribution in [3.63, 3.8) is 0 Å². The average Bonchev–Trinajstić information content (AvgIpc) is 2.67. The normalized spacial score (nSPS) is 16.9. The number of rotatable bonds is 4. The lowest BCUT2D eigenvalue weighted by molar-refractivity contribution is 0.0513. The molecule has 1 aromatic heterocycles. The Balaban J connectivity index is 1.78. The molecule has 1 unspecified atom stereocenters. The number of hydrogen-bond donors (Lipinski definition) is 1. The lowest BCUT2D eigenvalue weighted by atomic mass is 9.86. The van der Waals surface area contributed by atoms with Gasteiger partial charge in [0.1, 0.15) is 0 Å². The molecule has 0 spiro atoms. The van der Waals surface area contributed by atoms with Crippen LogP contribution in [0.3, 0.4) is 0 Å². The molecule has 1 saturated heterocycles. The zero-order chi connectivity index (χ0) is 18.6. The molecule has 0 radical (unpaired) electrons. The third-order valence-corrected chi connectivity index (χ3v) is 5.08. The summed E-state index contributed by atoms with van der Waals surface area (Å²) < 4.78 is 5.49. The van der Waals surface area contributed by atoms with Gasteiger partial charge in [0.15, 0.2) is 0 Å². The van der Waals surface area contributed by atoms with Crippen LogP contribution in [0.2, 0.25) is 0 Å². The topological polar surface area (TPSA) is 51.2 Å². The molecule has 1 N–H and O–H groups in total. The summed E-state index contributed by atoms with van der Waals surface area (Å²) in [5.74, 6) is 0.330. The van der Waals surface area contributed by atoms with Gasteiger partial charge in [0.05, 0.1) is 6.04 Å². The SMILES string of the molecule is CC(C)(C)c1ccc(C(=O)NC(c2cccnc2)C2CCOCC2)cc1. The van der Waals surface area contributed by atoms with Gasteiger partial charge >= 0.3 is 0 Å². The summed E-state index contributed by atoms with van der Waals surface area (Å²) in [4.78, 5) is 17.1. The molecule has 26 heavy (non-hydrogen) atoms. The second-order valence-electron chi connectivity index (χ2n) is 8.01. The van der Waals surface area contributed by atoms with Crippen LogP contribution in [0.25, 0.3) is 0 Å². The first-order valence-electron chi connectivity index (χ1n) is 9.34. The highest BCUT2D eigenvalue weighted by atomic mass is 16.5. The van der Waals surface area contributed by atoms with Crippen molar-refractivity contribution < 1.29 is 9.53 Å². The lowest BCUT2D eigenvalue weighted by Gasteiger charge is -2.31. The van der Waals surface area contributed by atoms with Crippen molar-refractivity contribution in [1.82, 2.24) is 10.3 Å². The quantitative estimate of drug-likeness (QED) is 0.894. The monoisotopic (exact) mass is 352 g/mol. The van der Waals surface area contributed by atoms with E-state index in [1.165, 1.54) is 5.56 Å². The maximum Gasteiger partial charge on any atom is 0.251 e. The summed E-state index contributed by atoms with van der Waals surface area (Å²) in [6.07, 6.45) is 5.51. The van der Waals surface area contributed by atoms with Gasteiger partial charge in [-0.05, 0) is 53.5 Å². The van der Waals surface area contributed by atoms with Gasteiger partial charge in [-0.15, -0.1) is 0 Å². The van der Waals surface area contributed by atoms with E-state index in [2.05, 4.69) is 31.1 Å². The maximum absolute atomic E-state index is 12.9. The van der Waals surface area contributed by atoms with Crippen LogP contribution < -0.4 is 5.32 Å². The minimum atomic E-state index is -0.0395. The molecule has 4 heteroatoms. The van der Waals surface area contributed by atoms with Gasteiger partial charge in [-0.1, -0.05) is 39.0 Å². The van der Waals surface area contributed by atoms with E-state index in [-0.39, 0.29) is 17.4 Å². The third-order valence-electron chi connectivity index (χ3n) is 5.08. The number of nitrogens with zero attached hydrogens (tertiary/aromatic N) is 1. The predicted octanol–water partition coefficient (Wildman–Crippen LogP) is 4.28. The molecule has 1 aromatic carbocycles. The molecule has 0 saturated carbocycles. The largest absolute Gasteiger partial charge is 0.381 e. The van der Waals surface area contributed by atoms with Gasteiger partial charge in [-0.25, -0.2) is 0 Å². The Morgan fingerprint density at radius 3 is 2.42 bits per heavy atom. The van der Waals surface area contributed by atoms with Crippen LogP contribution in [0.1, 0.15) is 61.1 Å². The Morgan fingerprint density at radius 2 is 1.85 bits per heavy atom. The zero-order valence-electron chi connectivity index (χ0n) is 15.9. The Morgan fingerprint density at radius 1 is 1.15 bits per heavy atom. The molecule has 1 aliphatic rings. The van der Waals surface area contributed by atoms with Crippen molar-refractivity contribution in [2.24, 2.45) is 5.92 Å². The van der Waals surface area contributed by atoms with Gasteiger partial charge in [-0.3, -0.25) is 9.78 Å². The molecule has 0 bridgehead atoms. The minimum Gasteiger partial charge on any atom is -0.381 e. The highest BCUT2D eigenvalue weighted by Crippen LogP contribution is 2.30. The molecule has 1 amide bonds. The standard InChI is InChI=1S/C22H28N2O2/c1-22(2,3)19-8-6-17(7-9-19)21(25)24-20(16-10-13-26-14-11-16)18-5-4-12-23-15-18/h4-9,12,15-16,20H,10-11,13-14H2,1-3H3,(H,24,25). The Hall–Kier alpha value is -2.20. The fourth-order valence-electron chi connectivity index (χ4n) is 3.43. The van der Waals surface area contributed by atoms with Crippen molar-refractivity contribution in [2.45, 2.75) is 45.1 Å². The van der Waals surface area contributed by atoms with Gasteiger partial charge < -0.3 is 10.1 Å². The summed E-state index contributed by atoms with van der Waals surface area (Å²) in [7, 11) is 0. The van der Waals surface area contributed by atoms with Crippen LogP contribution >= 0.6 is 0 Å². The number of benzene rings is 1. The van der Waals surface area contributed by atoms with Crippen molar-refractivity contribution in [3.8, 4) is 0 Å². The highest BCUT2D eigenvalue weighted by Gasteiger charge is 2.27. The second kappa shape index (κ2) is 8.00. The predicted molar refractivity (Wildman–Crippen MR) is 103 cm³/mol. The van der Waals surface area contributed by atoms with Crippen LogP contribution in [-0.2, 0) is 10.2 Å². The number of nitrogens with one attached hydrogen (secondary N) is 1. The summed E-state index contributed by atoms with van der Waals surface area (Å²) in [6, 6.07) is 11.8. The summed E-state index contributed by atoms with van der Waals surface area (Å²) in [6.45, 7) is 8.01. The van der Waals surface area contributed by atoms with E-state index < -0.39 is 0 Å². The maximum atomic E-state index is 12.9. The first kappa shape index (κ1) is 18.6. The van der Waals surface area contributed by atoms with Crippen molar-refractivity contribution in [2.75, 3.05) is 13.2 Å². The van der Waals surface area contributed by atoms with E-state index in [0.29, 0.717) is 11.5 Å². The fraction of sp³-hybridized carbons (Fsp3) is 0.455. The molecule has 4 nitrogen and oxygen atoms in total. The minimum absolute atomic E-state index is 0.0363. The number of carbonyl (C=O) groups is 1. The number of amides is 1. The van der Waals surface area contributed by atoms with Gasteiger partial charge in [0.2, 0.25) is 0 Å². The molecular weight excluding hydrogens is 324 g/mol. The first-order valence-corrected chi connectivity index (χ1v) is 9.34. The highest BCUT2D eigenvalue weighted by molar-refractivity contribution is 5.94. The van der Waals surface area contributed by atoms with Crippen molar-refractivity contribution >= 4 is 5.91 Å². The number of ether oxygens (including phenoxy) is 1. The molecule has 2 aromatic rings. The Labute approximate surface area is 156 Å². The van der Waals surface area contributed by atoms with Gasteiger partial charge in [0, 0.05) is 31.2 Å². The molecule has 3 rings (SSSR count). The number of aromatic nitrogens is 1. The summed E-state index contributed by atoms with van der Waals surface area (Å²) in [5, 5.41) is 3.24. The molecule has 138 valence electrons. The van der Waals surface area contributed by atoms with E-state index in [4.69, 9.17) is 4.74 Å². The summed E-state index contributed by atoms with van der Waals surface area (Å²) in [5.41, 5.74) is 3.05. The average molecular weight is 352 g/mol. The second-order valence-corrected chi connectivity index (χ2v) is 8.01. The third kappa shape index (κ3) is 4.50. The zero-order valence-corrected chi connectivity index (χ0v) is 15.9. The van der Waals surface area contributed by atoms with Crippen LogP contribution in [0.15, 0.2) is 48.8 Å². The van der Waals surface area contributed by atoms with E-state index in [1.54, 1.807) is 6.20 Å². The van der Waals surface area contributed by atoms with Crippen LogP contribution in [0, 0.1) is 5.92 Å². The molecule has 0 aliphatic carbocycles. The van der Waals surface area contributed by atoms with E-state index in [9.17, 15) is 4.79 Å². The van der Waals surface area contributed by atoms with Gasteiger partial charge in [0.25, 0.3) is 5.91 Å². The number of carbonyl (C=O) groups excluding carboxylic acids is 1. The van der Waals surface area contributed by atoms with Crippen LogP contribution in [-0.4, -0.2) is 24.1 Å². The smallest absolute Gasteiger partial charge is 0.251 e. The molecule has 1 fully saturated rings. The fourth-order valence-corrected chi connectivity index (χ4v) is 3.43. The van der Waals surface area contributed by atoms with Crippen molar-refractivity contribution in [3.05, 3.63) is 65.5 Å². The molecule has 1 atom stereocenters. The Bertz CT molecular complexity index is 714. The molecular formula is C22H28N2O2. The molecule has 1 aliphatic heterocycles. The van der Waals surface area contributed by atoms with E-state index >= 15 is 0 Å². The van der Waals surface area contributed by atoms with E-state index in [1.807, 2.05) is 42.6 Å². The van der Waals surface area contributed by atoms with Crippen LogP contribution in [0.5, 0.6) is 0 Å². The number of hydrogen-bond acceptors (Lipinski definition) is 3.